The highest BCUT2D eigenvalue weighted by atomic mass is 32.2. The van der Waals surface area contributed by atoms with Crippen LogP contribution < -0.4 is 0 Å². The second kappa shape index (κ2) is 3.85. The fraction of sp³-hybridized carbons (Fsp3) is 0.700. The van der Waals surface area contributed by atoms with E-state index in [1.165, 1.54) is 4.31 Å². The maximum Gasteiger partial charge on any atom is 0.310 e. The standard InChI is InChI=1S/C10H15NO4S/c1-7-5-11(16(14,15)6-7)9-3-2-8(4-9)10(12)13/h2-3,7-9H,4-6H2,1H3,(H,12,13). The summed E-state index contributed by atoms with van der Waals surface area (Å²) in [5.74, 6) is -1.13. The van der Waals surface area contributed by atoms with Crippen molar-refractivity contribution in [2.24, 2.45) is 11.8 Å². The predicted molar refractivity (Wildman–Crippen MR) is 58.3 cm³/mol. The van der Waals surface area contributed by atoms with Gasteiger partial charge in [-0.25, -0.2) is 8.42 Å². The fourth-order valence-corrected chi connectivity index (χ4v) is 4.41. The molecule has 6 heteroatoms. The van der Waals surface area contributed by atoms with Gasteiger partial charge in [0.15, 0.2) is 0 Å². The van der Waals surface area contributed by atoms with E-state index >= 15 is 0 Å². The Morgan fingerprint density at radius 2 is 2.12 bits per heavy atom. The molecular formula is C10H15NO4S. The number of carbonyl (C=O) groups is 1. The van der Waals surface area contributed by atoms with Crippen molar-refractivity contribution < 1.29 is 18.3 Å². The molecule has 0 aromatic carbocycles. The molecule has 90 valence electrons. The molecule has 0 amide bonds. The van der Waals surface area contributed by atoms with Gasteiger partial charge in [-0.05, 0) is 12.3 Å². The molecule has 3 unspecified atom stereocenters. The summed E-state index contributed by atoms with van der Waals surface area (Å²) in [6, 6.07) is -0.268. The summed E-state index contributed by atoms with van der Waals surface area (Å²) in [6.45, 7) is 2.40. The molecule has 1 fully saturated rings. The third-order valence-corrected chi connectivity index (χ3v) is 5.22. The first kappa shape index (κ1) is 11.6. The van der Waals surface area contributed by atoms with Gasteiger partial charge in [0.1, 0.15) is 0 Å². The zero-order valence-electron chi connectivity index (χ0n) is 9.04. The molecule has 0 saturated carbocycles. The van der Waals surface area contributed by atoms with Crippen LogP contribution in [0.5, 0.6) is 0 Å². The number of carboxylic acid groups (broad SMARTS) is 1. The van der Waals surface area contributed by atoms with E-state index in [9.17, 15) is 13.2 Å². The molecule has 16 heavy (non-hydrogen) atoms. The molecule has 0 spiro atoms. The van der Waals surface area contributed by atoms with Gasteiger partial charge in [0, 0.05) is 12.6 Å². The highest BCUT2D eigenvalue weighted by Crippen LogP contribution is 2.29. The van der Waals surface area contributed by atoms with Crippen LogP contribution in [0.1, 0.15) is 13.3 Å². The molecule has 1 aliphatic carbocycles. The predicted octanol–water partition coefficient (Wildman–Crippen LogP) is 0.297. The fourth-order valence-electron chi connectivity index (χ4n) is 2.35. The summed E-state index contributed by atoms with van der Waals surface area (Å²) in [4.78, 5) is 10.8. The van der Waals surface area contributed by atoms with Crippen molar-refractivity contribution >= 4 is 16.0 Å². The van der Waals surface area contributed by atoms with Gasteiger partial charge in [-0.1, -0.05) is 19.1 Å². The second-order valence-corrected chi connectivity index (χ2v) is 6.55. The molecule has 5 nitrogen and oxygen atoms in total. The number of nitrogens with zero attached hydrogens (tertiary/aromatic N) is 1. The second-order valence-electron chi connectivity index (χ2n) is 4.59. The molecule has 2 rings (SSSR count). The van der Waals surface area contributed by atoms with Crippen LogP contribution in [-0.4, -0.2) is 42.1 Å². The molecule has 1 heterocycles. The molecule has 0 radical (unpaired) electrons. The Bertz CT molecular complexity index is 428. The van der Waals surface area contributed by atoms with Crippen LogP contribution >= 0.6 is 0 Å². The summed E-state index contributed by atoms with van der Waals surface area (Å²) < 4.78 is 25.0. The highest BCUT2D eigenvalue weighted by Gasteiger charge is 2.40. The van der Waals surface area contributed by atoms with Crippen molar-refractivity contribution in [3.8, 4) is 0 Å². The van der Waals surface area contributed by atoms with Crippen molar-refractivity contribution in [3.05, 3.63) is 12.2 Å². The van der Waals surface area contributed by atoms with Crippen molar-refractivity contribution in [3.63, 3.8) is 0 Å². The number of hydrogen-bond donors (Lipinski definition) is 1. The largest absolute Gasteiger partial charge is 0.481 e. The van der Waals surface area contributed by atoms with Gasteiger partial charge in [-0.3, -0.25) is 4.79 Å². The molecular weight excluding hydrogens is 230 g/mol. The summed E-state index contributed by atoms with van der Waals surface area (Å²) >= 11 is 0. The third kappa shape index (κ3) is 1.99. The van der Waals surface area contributed by atoms with Crippen LogP contribution in [-0.2, 0) is 14.8 Å². The quantitative estimate of drug-likeness (QED) is 0.710. The number of rotatable bonds is 2. The maximum atomic E-state index is 11.8. The summed E-state index contributed by atoms with van der Waals surface area (Å²) in [6.07, 6.45) is 3.65. The van der Waals surface area contributed by atoms with E-state index < -0.39 is 21.9 Å². The van der Waals surface area contributed by atoms with E-state index in [0.717, 1.165) is 0 Å². The van der Waals surface area contributed by atoms with Gasteiger partial charge in [0.05, 0.1) is 11.7 Å². The lowest BCUT2D eigenvalue weighted by atomic mass is 10.1. The van der Waals surface area contributed by atoms with Crippen LogP contribution in [0, 0.1) is 11.8 Å². The topological polar surface area (TPSA) is 74.7 Å². The van der Waals surface area contributed by atoms with E-state index in [1.54, 1.807) is 12.2 Å². The zero-order chi connectivity index (χ0) is 11.9. The molecule has 1 aliphatic heterocycles. The Labute approximate surface area is 94.8 Å². The van der Waals surface area contributed by atoms with Gasteiger partial charge in [0.25, 0.3) is 0 Å². The number of aliphatic carboxylic acids is 1. The Morgan fingerprint density at radius 1 is 1.44 bits per heavy atom. The van der Waals surface area contributed by atoms with Crippen LogP contribution in [0.15, 0.2) is 12.2 Å². The van der Waals surface area contributed by atoms with E-state index in [0.29, 0.717) is 13.0 Å². The number of carboxylic acids is 1. The summed E-state index contributed by atoms with van der Waals surface area (Å²) in [5.41, 5.74) is 0. The van der Waals surface area contributed by atoms with Crippen LogP contribution in [0.3, 0.4) is 0 Å². The van der Waals surface area contributed by atoms with Crippen molar-refractivity contribution in [1.82, 2.24) is 4.31 Å². The van der Waals surface area contributed by atoms with Gasteiger partial charge < -0.3 is 5.11 Å². The Morgan fingerprint density at radius 3 is 2.56 bits per heavy atom. The van der Waals surface area contributed by atoms with Crippen LogP contribution in [0.4, 0.5) is 0 Å². The molecule has 3 atom stereocenters. The lowest BCUT2D eigenvalue weighted by molar-refractivity contribution is -0.140. The smallest absolute Gasteiger partial charge is 0.310 e. The Balaban J connectivity index is 2.12. The van der Waals surface area contributed by atoms with Crippen molar-refractivity contribution in [2.75, 3.05) is 12.3 Å². The maximum absolute atomic E-state index is 11.8. The van der Waals surface area contributed by atoms with E-state index in [2.05, 4.69) is 0 Å². The van der Waals surface area contributed by atoms with Gasteiger partial charge in [-0.2, -0.15) is 4.31 Å². The summed E-state index contributed by atoms with van der Waals surface area (Å²) in [7, 11) is -3.18. The van der Waals surface area contributed by atoms with Gasteiger partial charge >= 0.3 is 5.97 Å². The molecule has 1 N–H and O–H groups in total. The normalized spacial score (nSPS) is 37.9. The Hall–Kier alpha value is -0.880. The van der Waals surface area contributed by atoms with Crippen LogP contribution in [0.2, 0.25) is 0 Å². The van der Waals surface area contributed by atoms with E-state index in [1.807, 2.05) is 6.92 Å². The van der Waals surface area contributed by atoms with Gasteiger partial charge in [0.2, 0.25) is 10.0 Å². The first-order valence-corrected chi connectivity index (χ1v) is 6.91. The average Bonchev–Trinajstić information content (AvgIpc) is 2.69. The molecule has 0 bridgehead atoms. The zero-order valence-corrected chi connectivity index (χ0v) is 9.85. The first-order valence-electron chi connectivity index (χ1n) is 5.31. The lowest BCUT2D eigenvalue weighted by Crippen LogP contribution is -2.35. The first-order chi connectivity index (χ1) is 7.40. The number of sulfonamides is 1. The van der Waals surface area contributed by atoms with Gasteiger partial charge in [-0.15, -0.1) is 0 Å². The van der Waals surface area contributed by atoms with E-state index in [-0.39, 0.29) is 17.7 Å². The minimum atomic E-state index is -3.18. The highest BCUT2D eigenvalue weighted by molar-refractivity contribution is 7.89. The minimum Gasteiger partial charge on any atom is -0.481 e. The minimum absolute atomic E-state index is 0.127. The van der Waals surface area contributed by atoms with Crippen molar-refractivity contribution in [1.29, 1.82) is 0 Å². The molecule has 2 aliphatic rings. The average molecular weight is 245 g/mol. The lowest BCUT2D eigenvalue weighted by Gasteiger charge is -2.21. The number of hydrogen-bond acceptors (Lipinski definition) is 3. The van der Waals surface area contributed by atoms with E-state index in [4.69, 9.17) is 5.11 Å². The summed E-state index contributed by atoms with van der Waals surface area (Å²) in [5, 5.41) is 8.84. The van der Waals surface area contributed by atoms with Crippen molar-refractivity contribution in [2.45, 2.75) is 19.4 Å². The van der Waals surface area contributed by atoms with Crippen LogP contribution in [0.25, 0.3) is 0 Å². The molecule has 1 saturated heterocycles. The molecule has 0 aromatic heterocycles. The Kier molecular flexibility index (Phi) is 2.79. The molecule has 0 aromatic rings. The monoisotopic (exact) mass is 245 g/mol. The SMILES string of the molecule is CC1CN(C2C=CC(C(=O)O)C2)S(=O)(=O)C1. The third-order valence-electron chi connectivity index (χ3n) is 3.09.